The van der Waals surface area contributed by atoms with Gasteiger partial charge in [0.25, 0.3) is 0 Å². The van der Waals surface area contributed by atoms with Crippen LogP contribution < -0.4 is 28.4 Å². The SMILES string of the molecule is CC(C)(C)Oc1ccc([S+](c2ccc(OC(C)(C)C)cc2)c2ccc(OC(C)(C)C)cc2)cc1.CCCCOc1ccc([S+](c2ccccc2)c2ccccc2)cc1.COCCOc1ccc([S+](c2ccccc2)c2ccccc2)cc1.c1ccc([S+](c2ccccc2)c2ccc(OC3CCCC3)cc2)cc1. The lowest BCUT2D eigenvalue weighted by atomic mass is 10.2. The summed E-state index contributed by atoms with van der Waals surface area (Å²) in [5.41, 5.74) is -0.682. The van der Waals surface area contributed by atoms with Gasteiger partial charge in [-0.2, -0.15) is 0 Å². The molecule has 0 heterocycles. The van der Waals surface area contributed by atoms with Gasteiger partial charge >= 0.3 is 0 Å². The lowest BCUT2D eigenvalue weighted by molar-refractivity contribution is 0.130. The van der Waals surface area contributed by atoms with E-state index in [1.165, 1.54) is 84.4 Å². The summed E-state index contributed by atoms with van der Waals surface area (Å²) in [6.45, 7) is 22.7. The third kappa shape index (κ3) is 26.0. The van der Waals surface area contributed by atoms with E-state index < -0.39 is 0 Å². The lowest BCUT2D eigenvalue weighted by Crippen LogP contribution is -2.23. The van der Waals surface area contributed by atoms with Gasteiger partial charge in [0.2, 0.25) is 0 Å². The van der Waals surface area contributed by atoms with Gasteiger partial charge in [-0.05, 0) is 313 Å². The van der Waals surface area contributed by atoms with Crippen molar-refractivity contribution >= 4 is 43.6 Å². The molecule has 107 heavy (non-hydrogen) atoms. The monoisotopic (exact) mass is 1500 g/mol. The van der Waals surface area contributed by atoms with Crippen LogP contribution in [0.25, 0.3) is 0 Å². The maximum atomic E-state index is 6.12. The molecule has 12 aromatic rings. The number of hydrogen-bond acceptors (Lipinski definition) is 7. The van der Waals surface area contributed by atoms with E-state index in [2.05, 4.69) is 385 Å². The second-order valence-corrected chi connectivity index (χ2v) is 36.7. The Hall–Kier alpha value is -9.20. The van der Waals surface area contributed by atoms with E-state index in [0.29, 0.717) is 19.3 Å². The van der Waals surface area contributed by atoms with E-state index in [0.717, 1.165) is 53.9 Å². The maximum Gasteiger partial charge on any atom is 0.166 e. The fourth-order valence-electron chi connectivity index (χ4n) is 11.7. The molecular formula is C96H106O7S4+4. The fraction of sp³-hybridized carbons (Fsp3) is 0.250. The highest BCUT2D eigenvalue weighted by Gasteiger charge is 2.33. The zero-order chi connectivity index (χ0) is 75.3. The quantitative estimate of drug-likeness (QED) is 0.0417. The Labute approximate surface area is 650 Å². The average molecular weight is 1500 g/mol. The number of ether oxygens (including phenoxy) is 7. The van der Waals surface area contributed by atoms with Crippen molar-refractivity contribution in [2.24, 2.45) is 0 Å². The van der Waals surface area contributed by atoms with Gasteiger partial charge in [-0.3, -0.25) is 0 Å². The molecule has 11 heteroatoms. The van der Waals surface area contributed by atoms with E-state index in [9.17, 15) is 0 Å². The fourth-order valence-corrected chi connectivity index (χ4v) is 20.0. The van der Waals surface area contributed by atoms with Crippen molar-refractivity contribution < 1.29 is 33.2 Å². The second-order valence-electron chi connectivity index (χ2n) is 28.6. The second kappa shape index (κ2) is 40.7. The van der Waals surface area contributed by atoms with Gasteiger partial charge in [0.05, 0.1) is 62.9 Å². The Morgan fingerprint density at radius 3 is 0.701 bits per heavy atom. The third-order valence-electron chi connectivity index (χ3n) is 16.4. The van der Waals surface area contributed by atoms with Crippen LogP contribution in [0, 0.1) is 0 Å². The largest absolute Gasteiger partial charge is 0.494 e. The van der Waals surface area contributed by atoms with Gasteiger partial charge in [-0.25, -0.2) is 0 Å². The normalized spacial score (nSPS) is 12.3. The molecule has 0 atom stereocenters. The van der Waals surface area contributed by atoms with Gasteiger partial charge in [0.15, 0.2) is 58.7 Å². The zero-order valence-electron chi connectivity index (χ0n) is 64.1. The molecule has 1 aliphatic carbocycles. The first kappa shape index (κ1) is 80.3. The molecule has 1 fully saturated rings. The van der Waals surface area contributed by atoms with Gasteiger partial charge < -0.3 is 33.2 Å². The highest BCUT2D eigenvalue weighted by molar-refractivity contribution is 7.98. The summed E-state index contributed by atoms with van der Waals surface area (Å²) in [6, 6.07) is 115. The summed E-state index contributed by atoms with van der Waals surface area (Å²) in [5.74, 6) is 5.46. The first-order valence-electron chi connectivity index (χ1n) is 37.2. The summed E-state index contributed by atoms with van der Waals surface area (Å²) < 4.78 is 40.7. The van der Waals surface area contributed by atoms with Crippen LogP contribution in [-0.4, -0.2) is 49.8 Å². The summed E-state index contributed by atoms with van der Waals surface area (Å²) in [4.78, 5) is 15.6. The zero-order valence-corrected chi connectivity index (χ0v) is 67.4. The van der Waals surface area contributed by atoms with E-state index in [4.69, 9.17) is 33.2 Å². The van der Waals surface area contributed by atoms with Gasteiger partial charge in [0.1, 0.15) is 57.9 Å². The molecule has 1 saturated carbocycles. The van der Waals surface area contributed by atoms with Crippen LogP contribution in [0.4, 0.5) is 0 Å². The van der Waals surface area contributed by atoms with Crippen molar-refractivity contribution in [1.29, 1.82) is 0 Å². The number of methoxy groups -OCH3 is 1. The highest BCUT2D eigenvalue weighted by Crippen LogP contribution is 2.39. The molecule has 0 bridgehead atoms. The molecule has 0 N–H and O–H groups in total. The standard InChI is InChI=1S/C30H39O3S.C23H23OS.C22H23OS.C21H21O2S/c1-28(2,3)31-22-10-16-25(17-11-22)34(26-18-12-23(13-19-26)32-29(4,5)6)27-20-14-24(15-21-27)33-30(7,8)9;1-3-11-21(12-4-1)25(22-13-5-2-6-14-22)23-17-15-20(16-18-23)24-19-9-7-8-10-19;1-2-3-18-23-19-14-16-22(17-15-19)24(20-10-6-4-7-11-20)21-12-8-5-9-13-21;1-22-16-17-23-18-12-14-21(15-13-18)24(19-8-4-2-5-9-19)20-10-6-3-7-11-20/h10-21H,1-9H3;1-6,11-19H,7-10H2;4-17H,2-3,18H2,1H3;2-15H,16-17H2,1H3/q4*+1. The van der Waals surface area contributed by atoms with Crippen LogP contribution in [0.3, 0.4) is 0 Å². The smallest absolute Gasteiger partial charge is 0.166 e. The number of rotatable bonds is 25. The molecule has 0 spiro atoms. The Bertz CT molecular complexity index is 4050. The molecule has 1 aliphatic rings. The summed E-state index contributed by atoms with van der Waals surface area (Å²) >= 11 is 0. The van der Waals surface area contributed by atoms with Crippen molar-refractivity contribution in [3.8, 4) is 34.5 Å². The minimum Gasteiger partial charge on any atom is -0.494 e. The molecule has 0 amide bonds. The number of benzene rings is 12. The Morgan fingerprint density at radius 1 is 0.262 bits per heavy atom. The topological polar surface area (TPSA) is 64.6 Å². The summed E-state index contributed by atoms with van der Waals surface area (Å²) in [6.07, 6.45) is 7.65. The van der Waals surface area contributed by atoms with Crippen molar-refractivity contribution in [2.45, 2.75) is 189 Å². The van der Waals surface area contributed by atoms with Crippen LogP contribution in [0.15, 0.2) is 386 Å². The average Bonchev–Trinajstić information content (AvgIpc) is 0.928. The minimum atomic E-state index is -0.276. The molecule has 0 saturated heterocycles. The molecule has 12 aromatic carbocycles. The molecular weight excluding hydrogens is 1390 g/mol. The van der Waals surface area contributed by atoms with E-state index in [-0.39, 0.29) is 60.4 Å². The predicted octanol–water partition coefficient (Wildman–Crippen LogP) is 25.2. The molecule has 552 valence electrons. The van der Waals surface area contributed by atoms with Crippen LogP contribution in [0.1, 0.15) is 108 Å². The molecule has 0 radical (unpaired) electrons. The van der Waals surface area contributed by atoms with E-state index >= 15 is 0 Å². The van der Waals surface area contributed by atoms with Crippen LogP contribution in [0.2, 0.25) is 0 Å². The van der Waals surface area contributed by atoms with E-state index in [1.54, 1.807) is 7.11 Å². The Morgan fingerprint density at radius 2 is 0.477 bits per heavy atom. The maximum absolute atomic E-state index is 6.12. The van der Waals surface area contributed by atoms with Gasteiger partial charge in [-0.1, -0.05) is 123 Å². The van der Waals surface area contributed by atoms with Crippen molar-refractivity contribution in [3.63, 3.8) is 0 Å². The van der Waals surface area contributed by atoms with Crippen molar-refractivity contribution in [3.05, 3.63) is 328 Å². The predicted molar refractivity (Wildman–Crippen MR) is 448 cm³/mol. The van der Waals surface area contributed by atoms with Crippen LogP contribution in [-0.2, 0) is 48.3 Å². The van der Waals surface area contributed by atoms with Gasteiger partial charge in [0, 0.05) is 7.11 Å². The lowest BCUT2D eigenvalue weighted by Gasteiger charge is -2.22. The molecule has 13 rings (SSSR count). The molecule has 0 unspecified atom stereocenters. The first-order valence-corrected chi connectivity index (χ1v) is 42.1. The van der Waals surface area contributed by atoms with Crippen molar-refractivity contribution in [2.75, 3.05) is 26.9 Å². The molecule has 7 nitrogen and oxygen atoms in total. The molecule has 0 aliphatic heterocycles. The highest BCUT2D eigenvalue weighted by atomic mass is 32.2. The van der Waals surface area contributed by atoms with Crippen LogP contribution in [0.5, 0.6) is 34.5 Å². The number of hydrogen-bond donors (Lipinski definition) is 0. The summed E-state index contributed by atoms with van der Waals surface area (Å²) in [5, 5.41) is 0. The third-order valence-corrected chi connectivity index (χ3v) is 25.4. The van der Waals surface area contributed by atoms with Gasteiger partial charge in [-0.15, -0.1) is 0 Å². The van der Waals surface area contributed by atoms with Crippen molar-refractivity contribution in [1.82, 2.24) is 0 Å². The Balaban J connectivity index is 0.000000154. The minimum absolute atomic E-state index is 0.0824. The Kier molecular flexibility index (Phi) is 30.5. The number of unbranched alkanes of at least 4 members (excludes halogenated alkanes) is 1. The van der Waals surface area contributed by atoms with E-state index in [1.807, 2.05) is 12.1 Å². The molecule has 0 aromatic heterocycles. The van der Waals surface area contributed by atoms with Crippen LogP contribution >= 0.6 is 0 Å². The summed E-state index contributed by atoms with van der Waals surface area (Å²) in [7, 11) is 1.12. The first-order chi connectivity index (χ1) is 51.8.